The normalized spacial score (nSPS) is 26.0. The Bertz CT molecular complexity index is 830. The van der Waals surface area contributed by atoms with Crippen molar-refractivity contribution in [1.29, 1.82) is 0 Å². The van der Waals surface area contributed by atoms with Crippen LogP contribution in [0.4, 0.5) is 10.6 Å². The van der Waals surface area contributed by atoms with E-state index >= 15 is 0 Å². The molecule has 0 bridgehead atoms. The standard InChI is InChI=1S/C19H27N7O/c1-24-12-22-16-17(24)20-11-21-18(16)25-7-13-9-26(10-14(13)8-25)19(27)23-15-5-3-2-4-6-15/h11-15H,2-10H2,1H3,(H,23,27). The second-order valence-corrected chi connectivity index (χ2v) is 8.34. The van der Waals surface area contributed by atoms with Crippen LogP contribution in [0, 0.1) is 11.8 Å². The molecule has 144 valence electrons. The van der Waals surface area contributed by atoms with Gasteiger partial charge in [0, 0.05) is 51.1 Å². The van der Waals surface area contributed by atoms with Crippen LogP contribution in [-0.2, 0) is 7.05 Å². The van der Waals surface area contributed by atoms with Crippen LogP contribution in [0.25, 0.3) is 11.2 Å². The minimum Gasteiger partial charge on any atom is -0.354 e. The summed E-state index contributed by atoms with van der Waals surface area (Å²) < 4.78 is 1.93. The molecule has 1 saturated carbocycles. The number of rotatable bonds is 2. The SMILES string of the molecule is Cn1cnc2c(N3CC4CN(C(=O)NC5CCCCC5)CC4C3)ncnc21. The van der Waals surface area contributed by atoms with Crippen LogP contribution in [0.1, 0.15) is 32.1 Å². The fourth-order valence-corrected chi connectivity index (χ4v) is 5.01. The highest BCUT2D eigenvalue weighted by Crippen LogP contribution is 2.35. The number of aromatic nitrogens is 4. The number of carbonyl (C=O) groups excluding carboxylic acids is 1. The zero-order valence-corrected chi connectivity index (χ0v) is 15.8. The summed E-state index contributed by atoms with van der Waals surface area (Å²) in [7, 11) is 1.95. The smallest absolute Gasteiger partial charge is 0.317 e. The third kappa shape index (κ3) is 3.00. The third-order valence-corrected chi connectivity index (χ3v) is 6.48. The Morgan fingerprint density at radius 2 is 1.78 bits per heavy atom. The molecule has 3 aliphatic rings. The van der Waals surface area contributed by atoms with Crippen LogP contribution in [0.2, 0.25) is 0 Å². The van der Waals surface area contributed by atoms with Crippen molar-refractivity contribution in [3.8, 4) is 0 Å². The number of nitrogens with zero attached hydrogens (tertiary/aromatic N) is 6. The van der Waals surface area contributed by atoms with Crippen molar-refractivity contribution in [2.45, 2.75) is 38.1 Å². The lowest BCUT2D eigenvalue weighted by molar-refractivity contribution is 0.197. The van der Waals surface area contributed by atoms with E-state index in [2.05, 4.69) is 25.2 Å². The summed E-state index contributed by atoms with van der Waals surface area (Å²) in [6.45, 7) is 3.55. The first kappa shape index (κ1) is 16.8. The maximum absolute atomic E-state index is 12.6. The molecule has 2 aromatic rings. The minimum absolute atomic E-state index is 0.136. The highest BCUT2D eigenvalue weighted by Gasteiger charge is 2.42. The minimum atomic E-state index is 0.136. The molecule has 4 heterocycles. The maximum Gasteiger partial charge on any atom is 0.317 e. The fraction of sp³-hybridized carbons (Fsp3) is 0.684. The maximum atomic E-state index is 12.6. The van der Waals surface area contributed by atoms with Crippen molar-refractivity contribution in [2.75, 3.05) is 31.1 Å². The summed E-state index contributed by atoms with van der Waals surface area (Å²) in [5.41, 5.74) is 1.73. The van der Waals surface area contributed by atoms with Gasteiger partial charge < -0.3 is 19.7 Å². The number of likely N-dealkylation sites (tertiary alicyclic amines) is 1. The van der Waals surface area contributed by atoms with E-state index in [-0.39, 0.29) is 6.03 Å². The molecule has 1 aliphatic carbocycles. The van der Waals surface area contributed by atoms with Crippen LogP contribution >= 0.6 is 0 Å². The van der Waals surface area contributed by atoms with E-state index in [0.717, 1.165) is 56.0 Å². The van der Waals surface area contributed by atoms with E-state index < -0.39 is 0 Å². The van der Waals surface area contributed by atoms with Gasteiger partial charge in [-0.2, -0.15) is 0 Å². The first-order valence-corrected chi connectivity index (χ1v) is 10.1. The van der Waals surface area contributed by atoms with Gasteiger partial charge in [-0.25, -0.2) is 19.7 Å². The van der Waals surface area contributed by atoms with Crippen molar-refractivity contribution in [2.24, 2.45) is 18.9 Å². The Balaban J connectivity index is 1.23. The Labute approximate surface area is 159 Å². The van der Waals surface area contributed by atoms with Gasteiger partial charge in [-0.05, 0) is 12.8 Å². The number of urea groups is 1. The lowest BCUT2D eigenvalue weighted by Crippen LogP contribution is -2.45. The molecule has 8 heteroatoms. The van der Waals surface area contributed by atoms with E-state index in [1.807, 2.05) is 16.5 Å². The molecule has 1 N–H and O–H groups in total. The van der Waals surface area contributed by atoms with Gasteiger partial charge in [-0.1, -0.05) is 19.3 Å². The average molecular weight is 369 g/mol. The Morgan fingerprint density at radius 1 is 1.04 bits per heavy atom. The fourth-order valence-electron chi connectivity index (χ4n) is 5.01. The molecule has 3 fully saturated rings. The predicted molar refractivity (Wildman–Crippen MR) is 102 cm³/mol. The first-order chi connectivity index (χ1) is 13.2. The monoisotopic (exact) mass is 369 g/mol. The molecule has 27 heavy (non-hydrogen) atoms. The van der Waals surface area contributed by atoms with Gasteiger partial charge in [0.25, 0.3) is 0 Å². The molecule has 2 aliphatic heterocycles. The molecule has 2 aromatic heterocycles. The Morgan fingerprint density at radius 3 is 2.52 bits per heavy atom. The van der Waals surface area contributed by atoms with E-state index in [4.69, 9.17) is 0 Å². The van der Waals surface area contributed by atoms with Gasteiger partial charge in [0.1, 0.15) is 6.33 Å². The van der Waals surface area contributed by atoms with Crippen molar-refractivity contribution in [1.82, 2.24) is 29.7 Å². The van der Waals surface area contributed by atoms with Gasteiger partial charge in [0.15, 0.2) is 17.0 Å². The molecule has 0 spiro atoms. The number of anilines is 1. The van der Waals surface area contributed by atoms with E-state index in [9.17, 15) is 4.79 Å². The summed E-state index contributed by atoms with van der Waals surface area (Å²) in [6.07, 6.45) is 9.47. The quantitative estimate of drug-likeness (QED) is 0.873. The number of amides is 2. The van der Waals surface area contributed by atoms with E-state index in [1.165, 1.54) is 19.3 Å². The van der Waals surface area contributed by atoms with Gasteiger partial charge in [-0.3, -0.25) is 0 Å². The van der Waals surface area contributed by atoms with Gasteiger partial charge in [0.2, 0.25) is 0 Å². The second-order valence-electron chi connectivity index (χ2n) is 8.34. The molecular formula is C19H27N7O. The van der Waals surface area contributed by atoms with Crippen LogP contribution in [-0.4, -0.2) is 62.7 Å². The molecule has 2 saturated heterocycles. The van der Waals surface area contributed by atoms with E-state index in [0.29, 0.717) is 17.9 Å². The summed E-state index contributed by atoms with van der Waals surface area (Å²) >= 11 is 0. The number of hydrogen-bond acceptors (Lipinski definition) is 5. The third-order valence-electron chi connectivity index (χ3n) is 6.48. The van der Waals surface area contributed by atoms with E-state index in [1.54, 1.807) is 12.7 Å². The van der Waals surface area contributed by atoms with Gasteiger partial charge in [-0.15, -0.1) is 0 Å². The number of carbonyl (C=O) groups is 1. The summed E-state index contributed by atoms with van der Waals surface area (Å²) in [5, 5.41) is 3.26. The van der Waals surface area contributed by atoms with Crippen LogP contribution in [0.3, 0.4) is 0 Å². The Hall–Kier alpha value is -2.38. The Kier molecular flexibility index (Phi) is 4.13. The summed E-state index contributed by atoms with van der Waals surface area (Å²) in [4.78, 5) is 30.3. The lowest BCUT2D eigenvalue weighted by Gasteiger charge is -2.27. The molecule has 2 atom stereocenters. The predicted octanol–water partition coefficient (Wildman–Crippen LogP) is 1.77. The summed E-state index contributed by atoms with van der Waals surface area (Å²) in [5.74, 6) is 1.94. The number of imidazole rings is 1. The highest BCUT2D eigenvalue weighted by molar-refractivity contribution is 5.83. The van der Waals surface area contributed by atoms with Crippen LogP contribution < -0.4 is 10.2 Å². The van der Waals surface area contributed by atoms with Crippen molar-refractivity contribution in [3.05, 3.63) is 12.7 Å². The lowest BCUT2D eigenvalue weighted by atomic mass is 9.96. The van der Waals surface area contributed by atoms with Crippen molar-refractivity contribution < 1.29 is 4.79 Å². The molecular weight excluding hydrogens is 342 g/mol. The van der Waals surface area contributed by atoms with Crippen LogP contribution in [0.5, 0.6) is 0 Å². The first-order valence-electron chi connectivity index (χ1n) is 10.1. The molecule has 5 rings (SSSR count). The van der Waals surface area contributed by atoms with Crippen molar-refractivity contribution >= 4 is 23.0 Å². The van der Waals surface area contributed by atoms with Crippen molar-refractivity contribution in [3.63, 3.8) is 0 Å². The average Bonchev–Trinajstić information content (AvgIpc) is 3.36. The number of hydrogen-bond donors (Lipinski definition) is 1. The topological polar surface area (TPSA) is 79.2 Å². The number of nitrogens with one attached hydrogen (secondary N) is 1. The molecule has 2 amide bonds. The van der Waals surface area contributed by atoms with Crippen LogP contribution in [0.15, 0.2) is 12.7 Å². The van der Waals surface area contributed by atoms with Gasteiger partial charge >= 0.3 is 6.03 Å². The zero-order chi connectivity index (χ0) is 18.4. The van der Waals surface area contributed by atoms with Gasteiger partial charge in [0.05, 0.1) is 6.33 Å². The molecule has 0 aromatic carbocycles. The molecule has 0 radical (unpaired) electrons. The highest BCUT2D eigenvalue weighted by atomic mass is 16.2. The largest absolute Gasteiger partial charge is 0.354 e. The second kappa shape index (κ2) is 6.65. The number of aryl methyl sites for hydroxylation is 1. The zero-order valence-electron chi connectivity index (χ0n) is 15.8. The molecule has 2 unspecified atom stereocenters. The molecule has 8 nitrogen and oxygen atoms in total. The number of fused-ring (bicyclic) bond motifs is 2. The summed E-state index contributed by atoms with van der Waals surface area (Å²) in [6, 6.07) is 0.513.